The van der Waals surface area contributed by atoms with Gasteiger partial charge in [0.05, 0.1) is 5.69 Å². The molecular formula is C19H19FN6O2. The van der Waals surface area contributed by atoms with E-state index >= 15 is 0 Å². The highest BCUT2D eigenvalue weighted by Crippen LogP contribution is 2.22. The molecule has 1 saturated heterocycles. The lowest BCUT2D eigenvalue weighted by molar-refractivity contribution is 0.102. The Labute approximate surface area is 161 Å². The average Bonchev–Trinajstić information content (AvgIpc) is 3.13. The molecular weight excluding hydrogens is 363 g/mol. The Morgan fingerprint density at radius 2 is 1.86 bits per heavy atom. The van der Waals surface area contributed by atoms with Gasteiger partial charge in [0, 0.05) is 38.3 Å². The maximum absolute atomic E-state index is 14.0. The Kier molecular flexibility index (Phi) is 4.88. The minimum atomic E-state index is -0.387. The number of anilines is 3. The molecule has 0 saturated carbocycles. The highest BCUT2D eigenvalue weighted by molar-refractivity contribution is 6.02. The van der Waals surface area contributed by atoms with E-state index in [0.29, 0.717) is 49.3 Å². The van der Waals surface area contributed by atoms with Gasteiger partial charge in [0.15, 0.2) is 5.82 Å². The van der Waals surface area contributed by atoms with E-state index in [1.165, 1.54) is 12.4 Å². The number of benzene rings is 1. The van der Waals surface area contributed by atoms with Crippen molar-refractivity contribution in [2.45, 2.75) is 6.92 Å². The van der Waals surface area contributed by atoms with Gasteiger partial charge < -0.3 is 19.6 Å². The first-order valence-electron chi connectivity index (χ1n) is 8.91. The average molecular weight is 382 g/mol. The molecule has 9 heteroatoms. The highest BCUT2D eigenvalue weighted by Gasteiger charge is 2.21. The van der Waals surface area contributed by atoms with E-state index in [4.69, 9.17) is 4.52 Å². The molecule has 8 nitrogen and oxygen atoms in total. The van der Waals surface area contributed by atoms with E-state index in [1.54, 1.807) is 31.2 Å². The second kappa shape index (κ2) is 7.63. The predicted molar refractivity (Wildman–Crippen MR) is 102 cm³/mol. The zero-order chi connectivity index (χ0) is 19.5. The molecule has 0 atom stereocenters. The van der Waals surface area contributed by atoms with Crippen molar-refractivity contribution in [3.63, 3.8) is 0 Å². The van der Waals surface area contributed by atoms with Crippen LogP contribution in [0.3, 0.4) is 0 Å². The lowest BCUT2D eigenvalue weighted by Gasteiger charge is -2.36. The van der Waals surface area contributed by atoms with Crippen LogP contribution in [0.2, 0.25) is 0 Å². The summed E-state index contributed by atoms with van der Waals surface area (Å²) in [5.74, 6) is 0.985. The van der Waals surface area contributed by atoms with E-state index in [1.807, 2.05) is 11.0 Å². The number of carbonyl (C=O) groups is 1. The van der Waals surface area contributed by atoms with Crippen molar-refractivity contribution in [3.05, 3.63) is 60.0 Å². The summed E-state index contributed by atoms with van der Waals surface area (Å²) in [5.41, 5.74) is 0.843. The van der Waals surface area contributed by atoms with Crippen LogP contribution < -0.4 is 15.1 Å². The van der Waals surface area contributed by atoms with Gasteiger partial charge in [-0.05, 0) is 19.1 Å². The number of rotatable bonds is 4. The van der Waals surface area contributed by atoms with Crippen LogP contribution in [0.5, 0.6) is 0 Å². The number of piperazine rings is 1. The quantitative estimate of drug-likeness (QED) is 0.742. The van der Waals surface area contributed by atoms with Crippen molar-refractivity contribution >= 4 is 23.2 Å². The zero-order valence-electron chi connectivity index (χ0n) is 15.3. The number of aromatic nitrogens is 3. The van der Waals surface area contributed by atoms with E-state index in [9.17, 15) is 9.18 Å². The first kappa shape index (κ1) is 17.9. The van der Waals surface area contributed by atoms with Gasteiger partial charge >= 0.3 is 0 Å². The van der Waals surface area contributed by atoms with E-state index in [2.05, 4.69) is 25.3 Å². The number of nitrogens with one attached hydrogen (secondary N) is 1. The summed E-state index contributed by atoms with van der Waals surface area (Å²) >= 11 is 0. The number of halogens is 1. The van der Waals surface area contributed by atoms with Gasteiger partial charge in [0.25, 0.3) is 5.91 Å². The molecule has 1 aromatic carbocycles. The number of amides is 1. The zero-order valence-corrected chi connectivity index (χ0v) is 15.3. The first-order chi connectivity index (χ1) is 13.6. The lowest BCUT2D eigenvalue weighted by Crippen LogP contribution is -2.47. The van der Waals surface area contributed by atoms with E-state index in [-0.39, 0.29) is 17.4 Å². The van der Waals surface area contributed by atoms with Gasteiger partial charge in [-0.1, -0.05) is 17.3 Å². The Morgan fingerprint density at radius 3 is 2.57 bits per heavy atom. The number of hydrogen-bond donors (Lipinski definition) is 1. The monoisotopic (exact) mass is 382 g/mol. The normalized spacial score (nSPS) is 14.2. The second-order valence-electron chi connectivity index (χ2n) is 6.46. The number of hydrogen-bond acceptors (Lipinski definition) is 7. The van der Waals surface area contributed by atoms with Crippen molar-refractivity contribution in [2.75, 3.05) is 41.3 Å². The molecule has 1 aliphatic rings. The van der Waals surface area contributed by atoms with Gasteiger partial charge in [0.1, 0.15) is 29.4 Å². The molecule has 3 aromatic rings. The van der Waals surface area contributed by atoms with Crippen LogP contribution in [0.4, 0.5) is 21.7 Å². The SMILES string of the molecule is Cc1cc(NC(=O)c2cc(N3CCN(c4ccccc4F)CC3)ncn2)no1. The molecule has 4 rings (SSSR count). The molecule has 28 heavy (non-hydrogen) atoms. The summed E-state index contributed by atoms with van der Waals surface area (Å²) < 4.78 is 18.9. The van der Waals surface area contributed by atoms with Crippen molar-refractivity contribution in [1.29, 1.82) is 0 Å². The molecule has 1 amide bonds. The predicted octanol–water partition coefficient (Wildman–Crippen LogP) is 2.49. The minimum absolute atomic E-state index is 0.222. The number of para-hydroxylation sites is 1. The van der Waals surface area contributed by atoms with Gasteiger partial charge in [-0.3, -0.25) is 4.79 Å². The molecule has 2 aromatic heterocycles. The standard InChI is InChI=1S/C19H19FN6O2/c1-13-10-17(24-28-13)23-19(27)15-11-18(22-12-21-15)26-8-6-25(7-9-26)16-5-3-2-4-14(16)20/h2-5,10-12H,6-9H2,1H3,(H,23,24,27). The van der Waals surface area contributed by atoms with Gasteiger partial charge in [-0.25, -0.2) is 14.4 Å². The van der Waals surface area contributed by atoms with Gasteiger partial charge in [-0.15, -0.1) is 0 Å². The fourth-order valence-corrected chi connectivity index (χ4v) is 3.13. The van der Waals surface area contributed by atoms with Gasteiger partial charge in [-0.2, -0.15) is 0 Å². The van der Waals surface area contributed by atoms with Crippen LogP contribution in [-0.4, -0.2) is 47.2 Å². The maximum Gasteiger partial charge on any atom is 0.275 e. The summed E-state index contributed by atoms with van der Waals surface area (Å²) in [6, 6.07) is 10.0. The number of aryl methyl sites for hydroxylation is 1. The third-order valence-corrected chi connectivity index (χ3v) is 4.55. The Balaban J connectivity index is 1.42. The van der Waals surface area contributed by atoms with Crippen LogP contribution in [0, 0.1) is 12.7 Å². The fraction of sp³-hybridized carbons (Fsp3) is 0.263. The number of nitrogens with zero attached hydrogens (tertiary/aromatic N) is 5. The highest BCUT2D eigenvalue weighted by atomic mass is 19.1. The second-order valence-corrected chi connectivity index (χ2v) is 6.46. The summed E-state index contributed by atoms with van der Waals surface area (Å²) in [5, 5.41) is 6.38. The molecule has 1 aliphatic heterocycles. The third kappa shape index (κ3) is 3.78. The molecule has 0 aliphatic carbocycles. The topological polar surface area (TPSA) is 87.4 Å². The maximum atomic E-state index is 14.0. The smallest absolute Gasteiger partial charge is 0.275 e. The van der Waals surface area contributed by atoms with Crippen LogP contribution in [-0.2, 0) is 0 Å². The third-order valence-electron chi connectivity index (χ3n) is 4.55. The van der Waals surface area contributed by atoms with E-state index < -0.39 is 0 Å². The molecule has 3 heterocycles. The first-order valence-corrected chi connectivity index (χ1v) is 8.91. The van der Waals surface area contributed by atoms with Crippen molar-refractivity contribution < 1.29 is 13.7 Å². The Bertz CT molecular complexity index is 984. The van der Waals surface area contributed by atoms with Crippen molar-refractivity contribution in [1.82, 2.24) is 15.1 Å². The van der Waals surface area contributed by atoms with Gasteiger partial charge in [0.2, 0.25) is 0 Å². The summed E-state index contributed by atoms with van der Waals surface area (Å²) in [7, 11) is 0. The van der Waals surface area contributed by atoms with Crippen molar-refractivity contribution in [2.24, 2.45) is 0 Å². The summed E-state index contributed by atoms with van der Waals surface area (Å²) in [6.45, 7) is 4.38. The lowest BCUT2D eigenvalue weighted by atomic mass is 10.2. The molecule has 1 fully saturated rings. The van der Waals surface area contributed by atoms with Crippen LogP contribution >= 0.6 is 0 Å². The molecule has 0 spiro atoms. The minimum Gasteiger partial charge on any atom is -0.366 e. The molecule has 0 unspecified atom stereocenters. The fourth-order valence-electron chi connectivity index (χ4n) is 3.13. The molecule has 0 bridgehead atoms. The van der Waals surface area contributed by atoms with Crippen molar-refractivity contribution in [3.8, 4) is 0 Å². The number of carbonyl (C=O) groups excluding carboxylic acids is 1. The molecule has 144 valence electrons. The molecule has 1 N–H and O–H groups in total. The van der Waals surface area contributed by atoms with Crippen LogP contribution in [0.15, 0.2) is 47.2 Å². The summed E-state index contributed by atoms with van der Waals surface area (Å²) in [4.78, 5) is 24.8. The van der Waals surface area contributed by atoms with Crippen LogP contribution in [0.1, 0.15) is 16.2 Å². The largest absolute Gasteiger partial charge is 0.366 e. The summed E-state index contributed by atoms with van der Waals surface area (Å²) in [6.07, 6.45) is 1.36. The molecule has 0 radical (unpaired) electrons. The Morgan fingerprint density at radius 1 is 1.11 bits per heavy atom. The van der Waals surface area contributed by atoms with Crippen LogP contribution in [0.25, 0.3) is 0 Å². The Hall–Kier alpha value is -3.49. The van der Waals surface area contributed by atoms with E-state index in [0.717, 1.165) is 0 Å².